The molecule has 1 amide bonds. The summed E-state index contributed by atoms with van der Waals surface area (Å²) in [4.78, 5) is 24.3. The first-order valence-electron chi connectivity index (χ1n) is 11.6. The van der Waals surface area contributed by atoms with Crippen LogP contribution in [0.5, 0.6) is 0 Å². The summed E-state index contributed by atoms with van der Waals surface area (Å²) in [6.45, 7) is 6.16. The van der Waals surface area contributed by atoms with Gasteiger partial charge in [0.1, 0.15) is 5.82 Å². The largest absolute Gasteiger partial charge is 0.369 e. The third-order valence-corrected chi connectivity index (χ3v) is 6.87. The van der Waals surface area contributed by atoms with Crippen LogP contribution in [0.4, 0.5) is 10.1 Å². The number of aryl methyl sites for hydroxylation is 1. The van der Waals surface area contributed by atoms with Gasteiger partial charge in [-0.25, -0.2) is 9.37 Å². The number of likely N-dealkylation sites (tertiary alicyclic amines) is 1. The van der Waals surface area contributed by atoms with Gasteiger partial charge in [-0.05, 0) is 49.2 Å². The van der Waals surface area contributed by atoms with Gasteiger partial charge in [0.15, 0.2) is 0 Å². The average Bonchev–Trinajstić information content (AvgIpc) is 3.26. The molecule has 5 rings (SSSR count). The number of rotatable bonds is 5. The van der Waals surface area contributed by atoms with Crippen LogP contribution in [-0.4, -0.2) is 70.6 Å². The molecule has 7 heteroatoms. The Labute approximate surface area is 188 Å². The van der Waals surface area contributed by atoms with Crippen LogP contribution in [0.3, 0.4) is 0 Å². The lowest BCUT2D eigenvalue weighted by molar-refractivity contribution is -0.133. The number of hydrogen-bond acceptors (Lipinski definition) is 4. The molecule has 1 aromatic heterocycles. The van der Waals surface area contributed by atoms with Gasteiger partial charge in [-0.1, -0.05) is 12.1 Å². The van der Waals surface area contributed by atoms with Gasteiger partial charge >= 0.3 is 0 Å². The molecule has 3 heterocycles. The number of piperidine rings is 1. The Morgan fingerprint density at radius 3 is 2.59 bits per heavy atom. The standard InChI is InChI=1S/C25H30FN5O/c26-20-7-9-21(10-8-20)28-14-16-29(17-15-28)22-4-3-12-30(18-22)25(32)11-13-31-19-27-23-5-1-2-6-24(23)31/h1-2,5-10,19,22H,3-4,11-18H2/t22-/m0/s1. The van der Waals surface area contributed by atoms with Crippen molar-refractivity contribution in [2.75, 3.05) is 44.2 Å². The zero-order valence-electron chi connectivity index (χ0n) is 18.4. The van der Waals surface area contributed by atoms with Crippen molar-refractivity contribution in [2.24, 2.45) is 0 Å². The number of anilines is 1. The number of piperazine rings is 1. The molecule has 3 aromatic rings. The number of para-hydroxylation sites is 2. The van der Waals surface area contributed by atoms with Crippen LogP contribution in [0.15, 0.2) is 54.9 Å². The van der Waals surface area contributed by atoms with E-state index in [9.17, 15) is 9.18 Å². The molecule has 0 aliphatic carbocycles. The lowest BCUT2D eigenvalue weighted by atomic mass is 10.0. The molecule has 1 atom stereocenters. The van der Waals surface area contributed by atoms with E-state index in [0.717, 1.165) is 68.8 Å². The molecule has 0 bridgehead atoms. The van der Waals surface area contributed by atoms with E-state index in [0.29, 0.717) is 19.0 Å². The highest BCUT2D eigenvalue weighted by Crippen LogP contribution is 2.22. The van der Waals surface area contributed by atoms with Crippen LogP contribution in [0, 0.1) is 5.82 Å². The van der Waals surface area contributed by atoms with Crippen molar-refractivity contribution in [1.29, 1.82) is 0 Å². The van der Waals surface area contributed by atoms with Gasteiger partial charge in [0, 0.05) is 64.0 Å². The Morgan fingerprint density at radius 2 is 1.78 bits per heavy atom. The monoisotopic (exact) mass is 435 g/mol. The second-order valence-electron chi connectivity index (χ2n) is 8.81. The van der Waals surface area contributed by atoms with Gasteiger partial charge in [-0.2, -0.15) is 0 Å². The molecule has 2 saturated heterocycles. The molecular formula is C25H30FN5O. The molecule has 168 valence electrons. The summed E-state index contributed by atoms with van der Waals surface area (Å²) in [5.74, 6) is 0.0398. The van der Waals surface area contributed by atoms with E-state index < -0.39 is 0 Å². The number of imidazole rings is 1. The first-order valence-corrected chi connectivity index (χ1v) is 11.6. The number of carbonyl (C=O) groups excluding carboxylic acids is 1. The Bertz CT molecular complexity index is 1060. The minimum Gasteiger partial charge on any atom is -0.369 e. The van der Waals surface area contributed by atoms with Gasteiger partial charge in [0.05, 0.1) is 17.4 Å². The third kappa shape index (κ3) is 4.48. The van der Waals surface area contributed by atoms with Gasteiger partial charge < -0.3 is 14.4 Å². The summed E-state index contributed by atoms with van der Waals surface area (Å²) in [7, 11) is 0. The van der Waals surface area contributed by atoms with E-state index >= 15 is 0 Å². The Hall–Kier alpha value is -2.93. The maximum absolute atomic E-state index is 13.2. The summed E-state index contributed by atoms with van der Waals surface area (Å²) in [6, 6.07) is 15.2. The van der Waals surface area contributed by atoms with Crippen LogP contribution < -0.4 is 4.90 Å². The van der Waals surface area contributed by atoms with Crippen molar-refractivity contribution in [1.82, 2.24) is 19.4 Å². The van der Waals surface area contributed by atoms with Crippen molar-refractivity contribution >= 4 is 22.6 Å². The van der Waals surface area contributed by atoms with Crippen molar-refractivity contribution in [3.63, 3.8) is 0 Å². The molecule has 2 fully saturated rings. The SMILES string of the molecule is O=C(CCn1cnc2ccccc21)N1CCC[C@H](N2CCN(c3ccc(F)cc3)CC2)C1. The van der Waals surface area contributed by atoms with E-state index in [-0.39, 0.29) is 11.7 Å². The second-order valence-corrected chi connectivity index (χ2v) is 8.81. The Kier molecular flexibility index (Phi) is 6.08. The van der Waals surface area contributed by atoms with Crippen molar-refractivity contribution in [3.05, 3.63) is 60.7 Å². The fourth-order valence-electron chi connectivity index (χ4n) is 5.04. The molecule has 2 aromatic carbocycles. The molecule has 0 spiro atoms. The third-order valence-electron chi connectivity index (χ3n) is 6.87. The van der Waals surface area contributed by atoms with Gasteiger partial charge in [-0.3, -0.25) is 9.69 Å². The number of fused-ring (bicyclic) bond motifs is 1. The quantitative estimate of drug-likeness (QED) is 0.616. The maximum atomic E-state index is 13.2. The zero-order chi connectivity index (χ0) is 21.9. The highest BCUT2D eigenvalue weighted by Gasteiger charge is 2.30. The van der Waals surface area contributed by atoms with E-state index in [1.54, 1.807) is 0 Å². The van der Waals surface area contributed by atoms with Crippen molar-refractivity contribution in [3.8, 4) is 0 Å². The molecule has 6 nitrogen and oxygen atoms in total. The van der Waals surface area contributed by atoms with Crippen LogP contribution in [-0.2, 0) is 11.3 Å². The lowest BCUT2D eigenvalue weighted by Crippen LogP contribution is -2.55. The molecule has 2 aliphatic heterocycles. The molecule has 0 N–H and O–H groups in total. The Balaban J connectivity index is 1.13. The summed E-state index contributed by atoms with van der Waals surface area (Å²) in [5, 5.41) is 0. The number of amides is 1. The van der Waals surface area contributed by atoms with Gasteiger partial charge in [0.2, 0.25) is 5.91 Å². The molecule has 2 aliphatic rings. The number of hydrogen-bond donors (Lipinski definition) is 0. The number of benzene rings is 2. The fourth-order valence-corrected chi connectivity index (χ4v) is 5.04. The first kappa shape index (κ1) is 20.9. The van der Waals surface area contributed by atoms with E-state index in [4.69, 9.17) is 0 Å². The summed E-state index contributed by atoms with van der Waals surface area (Å²) in [6.07, 6.45) is 4.54. The predicted octanol–water partition coefficient (Wildman–Crippen LogP) is 3.38. The maximum Gasteiger partial charge on any atom is 0.224 e. The molecular weight excluding hydrogens is 405 g/mol. The smallest absolute Gasteiger partial charge is 0.224 e. The highest BCUT2D eigenvalue weighted by molar-refractivity contribution is 5.77. The second kappa shape index (κ2) is 9.28. The normalized spacial score (nSPS) is 20.1. The zero-order valence-corrected chi connectivity index (χ0v) is 18.4. The summed E-state index contributed by atoms with van der Waals surface area (Å²) < 4.78 is 15.3. The van der Waals surface area contributed by atoms with Crippen molar-refractivity contribution < 1.29 is 9.18 Å². The number of halogens is 1. The van der Waals surface area contributed by atoms with Crippen molar-refractivity contribution in [2.45, 2.75) is 31.8 Å². The molecule has 0 unspecified atom stereocenters. The summed E-state index contributed by atoms with van der Waals surface area (Å²) >= 11 is 0. The van der Waals surface area contributed by atoms with Crippen LogP contribution in [0.1, 0.15) is 19.3 Å². The van der Waals surface area contributed by atoms with Crippen LogP contribution in [0.2, 0.25) is 0 Å². The molecule has 0 radical (unpaired) electrons. The van der Waals surface area contributed by atoms with Crippen LogP contribution >= 0.6 is 0 Å². The number of nitrogens with zero attached hydrogens (tertiary/aromatic N) is 5. The van der Waals surface area contributed by atoms with Crippen LogP contribution in [0.25, 0.3) is 11.0 Å². The fraction of sp³-hybridized carbons (Fsp3) is 0.440. The minimum atomic E-state index is -0.194. The Morgan fingerprint density at radius 1 is 1.00 bits per heavy atom. The number of aromatic nitrogens is 2. The lowest BCUT2D eigenvalue weighted by Gasteiger charge is -2.44. The molecule has 32 heavy (non-hydrogen) atoms. The van der Waals surface area contributed by atoms with Gasteiger partial charge in [0.25, 0.3) is 0 Å². The first-order chi connectivity index (χ1) is 15.7. The highest BCUT2D eigenvalue weighted by atomic mass is 19.1. The van der Waals surface area contributed by atoms with E-state index in [1.807, 2.05) is 36.7 Å². The van der Waals surface area contributed by atoms with Gasteiger partial charge in [-0.15, -0.1) is 0 Å². The minimum absolute atomic E-state index is 0.194. The predicted molar refractivity (Wildman–Crippen MR) is 124 cm³/mol. The molecule has 0 saturated carbocycles. The number of carbonyl (C=O) groups is 1. The van der Waals surface area contributed by atoms with E-state index in [2.05, 4.69) is 30.3 Å². The topological polar surface area (TPSA) is 44.6 Å². The summed E-state index contributed by atoms with van der Waals surface area (Å²) in [5.41, 5.74) is 3.13. The average molecular weight is 436 g/mol. The van der Waals surface area contributed by atoms with E-state index in [1.165, 1.54) is 12.1 Å².